The van der Waals surface area contributed by atoms with Gasteiger partial charge in [0.1, 0.15) is 0 Å². The van der Waals surface area contributed by atoms with E-state index in [0.717, 1.165) is 0 Å². The number of allylic oxidation sites excluding steroid dienone is 1. The highest BCUT2D eigenvalue weighted by atomic mass is 31.2. The summed E-state index contributed by atoms with van der Waals surface area (Å²) in [5, 5.41) is 9.59. The molecule has 0 radical (unpaired) electrons. The fraction of sp³-hybridized carbons (Fsp3) is 0.800. The summed E-state index contributed by atoms with van der Waals surface area (Å²) in [6.45, 7) is 1.96. The van der Waals surface area contributed by atoms with Crippen LogP contribution in [-0.4, -0.2) is 25.9 Å². The minimum absolute atomic E-state index is 0.180. The molecular formula is C10H21O5P. The molecular weight excluding hydrogens is 231 g/mol. The second kappa shape index (κ2) is 7.98. The molecule has 1 fully saturated rings. The molecule has 0 saturated heterocycles. The lowest BCUT2D eigenvalue weighted by molar-refractivity contribution is 0.125. The predicted octanol–water partition coefficient (Wildman–Crippen LogP) is 1.58. The standard InChI is InChI=1S/C10H18O.H3O4P/c1-2-6-10(11)9-7-4-3-5-8-9;1-5(2,3)4/h2,6,9-11H,3-5,7-8H2,1H3;(H3,1,2,3,4). The van der Waals surface area contributed by atoms with Crippen LogP contribution >= 0.6 is 7.82 Å². The number of phosphoric acid groups is 1. The molecule has 4 N–H and O–H groups in total. The Morgan fingerprint density at radius 1 is 1.19 bits per heavy atom. The lowest BCUT2D eigenvalue weighted by atomic mass is 9.85. The summed E-state index contributed by atoms with van der Waals surface area (Å²) >= 11 is 0. The van der Waals surface area contributed by atoms with Crippen LogP contribution in [0.1, 0.15) is 39.0 Å². The van der Waals surface area contributed by atoms with E-state index in [4.69, 9.17) is 19.2 Å². The van der Waals surface area contributed by atoms with E-state index in [-0.39, 0.29) is 6.10 Å². The third kappa shape index (κ3) is 10.3. The maximum atomic E-state index is 9.59. The highest BCUT2D eigenvalue weighted by Gasteiger charge is 2.18. The zero-order valence-electron chi connectivity index (χ0n) is 9.49. The molecule has 16 heavy (non-hydrogen) atoms. The van der Waals surface area contributed by atoms with Crippen LogP contribution < -0.4 is 0 Å². The number of aliphatic hydroxyl groups is 1. The molecule has 96 valence electrons. The molecule has 6 heteroatoms. The molecule has 1 rings (SSSR count). The Morgan fingerprint density at radius 2 is 1.62 bits per heavy atom. The van der Waals surface area contributed by atoms with Gasteiger partial charge in [0.15, 0.2) is 0 Å². The number of hydrogen-bond acceptors (Lipinski definition) is 2. The molecule has 0 bridgehead atoms. The summed E-state index contributed by atoms with van der Waals surface area (Å²) in [5.41, 5.74) is 0. The van der Waals surface area contributed by atoms with Crippen LogP contribution in [0, 0.1) is 5.92 Å². The van der Waals surface area contributed by atoms with E-state index >= 15 is 0 Å². The van der Waals surface area contributed by atoms with Gasteiger partial charge in [-0.2, -0.15) is 0 Å². The smallest absolute Gasteiger partial charge is 0.389 e. The van der Waals surface area contributed by atoms with Crippen molar-refractivity contribution in [2.24, 2.45) is 5.92 Å². The summed E-state index contributed by atoms with van der Waals surface area (Å²) in [7, 11) is -4.64. The van der Waals surface area contributed by atoms with Crippen molar-refractivity contribution < 1.29 is 24.4 Å². The third-order valence-electron chi connectivity index (χ3n) is 2.52. The molecule has 1 aliphatic carbocycles. The van der Waals surface area contributed by atoms with Gasteiger partial charge in [0, 0.05) is 0 Å². The van der Waals surface area contributed by atoms with Crippen LogP contribution in [0.5, 0.6) is 0 Å². The topological polar surface area (TPSA) is 98.0 Å². The lowest BCUT2D eigenvalue weighted by Gasteiger charge is -2.24. The molecule has 1 atom stereocenters. The maximum absolute atomic E-state index is 9.59. The van der Waals surface area contributed by atoms with Crippen LogP contribution in [-0.2, 0) is 4.57 Å². The summed E-state index contributed by atoms with van der Waals surface area (Å²) in [6, 6.07) is 0. The Kier molecular flexibility index (Phi) is 7.89. The number of hydrogen-bond donors (Lipinski definition) is 4. The average molecular weight is 252 g/mol. The summed E-state index contributed by atoms with van der Waals surface area (Å²) in [6.07, 6.45) is 10.1. The normalized spacial score (nSPS) is 20.3. The minimum atomic E-state index is -4.64. The van der Waals surface area contributed by atoms with Crippen molar-refractivity contribution >= 4 is 7.82 Å². The molecule has 1 aliphatic rings. The van der Waals surface area contributed by atoms with E-state index in [1.165, 1.54) is 32.1 Å². The van der Waals surface area contributed by atoms with Crippen LogP contribution in [0.4, 0.5) is 0 Å². The van der Waals surface area contributed by atoms with Gasteiger partial charge in [-0.05, 0) is 25.7 Å². The van der Waals surface area contributed by atoms with E-state index < -0.39 is 7.82 Å². The van der Waals surface area contributed by atoms with Crippen LogP contribution in [0.15, 0.2) is 12.2 Å². The maximum Gasteiger partial charge on any atom is 0.466 e. The monoisotopic (exact) mass is 252 g/mol. The lowest BCUT2D eigenvalue weighted by Crippen LogP contribution is -2.20. The zero-order chi connectivity index (χ0) is 12.6. The Balaban J connectivity index is 0.000000385. The second-order valence-corrected chi connectivity index (χ2v) is 4.95. The molecule has 0 aliphatic heterocycles. The number of aliphatic hydroxyl groups excluding tert-OH is 1. The molecule has 0 aromatic heterocycles. The minimum Gasteiger partial charge on any atom is -0.389 e. The molecule has 0 spiro atoms. The van der Waals surface area contributed by atoms with Gasteiger partial charge < -0.3 is 19.8 Å². The summed E-state index contributed by atoms with van der Waals surface area (Å²) < 4.78 is 8.88. The summed E-state index contributed by atoms with van der Waals surface area (Å²) in [4.78, 5) is 21.6. The van der Waals surface area contributed by atoms with Gasteiger partial charge in [-0.25, -0.2) is 4.57 Å². The van der Waals surface area contributed by atoms with E-state index in [1.54, 1.807) is 0 Å². The Morgan fingerprint density at radius 3 is 2.00 bits per heavy atom. The number of rotatable bonds is 2. The molecule has 1 unspecified atom stereocenters. The van der Waals surface area contributed by atoms with Crippen molar-refractivity contribution in [3.63, 3.8) is 0 Å². The first-order chi connectivity index (χ1) is 7.34. The predicted molar refractivity (Wildman–Crippen MR) is 61.7 cm³/mol. The van der Waals surface area contributed by atoms with Gasteiger partial charge >= 0.3 is 7.82 Å². The zero-order valence-corrected chi connectivity index (χ0v) is 10.4. The first-order valence-corrected chi connectivity index (χ1v) is 7.00. The van der Waals surface area contributed by atoms with E-state index in [2.05, 4.69) is 0 Å². The van der Waals surface area contributed by atoms with Gasteiger partial charge in [-0.1, -0.05) is 31.4 Å². The van der Waals surface area contributed by atoms with Crippen molar-refractivity contribution in [2.75, 3.05) is 0 Å². The van der Waals surface area contributed by atoms with E-state index in [9.17, 15) is 5.11 Å². The summed E-state index contributed by atoms with van der Waals surface area (Å²) in [5.74, 6) is 0.542. The van der Waals surface area contributed by atoms with Crippen molar-refractivity contribution in [3.8, 4) is 0 Å². The highest BCUT2D eigenvalue weighted by Crippen LogP contribution is 2.26. The van der Waals surface area contributed by atoms with Crippen molar-refractivity contribution in [1.82, 2.24) is 0 Å². The first-order valence-electron chi connectivity index (χ1n) is 5.43. The molecule has 5 nitrogen and oxygen atoms in total. The molecule has 1 saturated carbocycles. The van der Waals surface area contributed by atoms with Crippen molar-refractivity contribution in [1.29, 1.82) is 0 Å². The van der Waals surface area contributed by atoms with Crippen LogP contribution in [0.25, 0.3) is 0 Å². The molecule has 0 aromatic carbocycles. The largest absolute Gasteiger partial charge is 0.466 e. The molecule has 0 aromatic rings. The first kappa shape index (κ1) is 15.8. The Labute approximate surface area is 96.1 Å². The average Bonchev–Trinajstić information content (AvgIpc) is 2.17. The fourth-order valence-corrected chi connectivity index (χ4v) is 1.83. The molecule has 0 amide bonds. The van der Waals surface area contributed by atoms with Gasteiger partial charge in [-0.15, -0.1) is 0 Å². The Hall–Kier alpha value is -0.190. The SMILES string of the molecule is CC=CC(O)C1CCCCC1.O=P(O)(O)O. The van der Waals surface area contributed by atoms with Gasteiger partial charge in [0.25, 0.3) is 0 Å². The Bertz CT molecular complexity index is 233. The van der Waals surface area contributed by atoms with Gasteiger partial charge in [0.05, 0.1) is 6.10 Å². The quantitative estimate of drug-likeness (QED) is 0.442. The van der Waals surface area contributed by atoms with Crippen molar-refractivity contribution in [3.05, 3.63) is 12.2 Å². The fourth-order valence-electron chi connectivity index (χ4n) is 1.83. The van der Waals surface area contributed by atoms with Crippen molar-refractivity contribution in [2.45, 2.75) is 45.1 Å². The van der Waals surface area contributed by atoms with Gasteiger partial charge in [0.2, 0.25) is 0 Å². The van der Waals surface area contributed by atoms with Crippen LogP contribution in [0.3, 0.4) is 0 Å². The van der Waals surface area contributed by atoms with Gasteiger partial charge in [-0.3, -0.25) is 0 Å². The second-order valence-electron chi connectivity index (χ2n) is 3.93. The molecule has 0 heterocycles. The van der Waals surface area contributed by atoms with E-state index in [0.29, 0.717) is 5.92 Å². The third-order valence-corrected chi connectivity index (χ3v) is 2.52. The van der Waals surface area contributed by atoms with E-state index in [1.807, 2.05) is 19.1 Å². The highest BCUT2D eigenvalue weighted by molar-refractivity contribution is 7.45. The van der Waals surface area contributed by atoms with Crippen LogP contribution in [0.2, 0.25) is 0 Å².